The first kappa shape index (κ1) is 23.2. The first-order valence-electron chi connectivity index (χ1n) is 11.8. The summed E-state index contributed by atoms with van der Waals surface area (Å²) in [6.45, 7) is 7.70. The molecule has 0 unspecified atom stereocenters. The lowest BCUT2D eigenvalue weighted by molar-refractivity contribution is -0.132. The third kappa shape index (κ3) is 6.11. The highest BCUT2D eigenvalue weighted by molar-refractivity contribution is 5.93. The van der Waals surface area contributed by atoms with Crippen molar-refractivity contribution >= 4 is 23.2 Å². The summed E-state index contributed by atoms with van der Waals surface area (Å²) in [5.41, 5.74) is 3.97. The topological polar surface area (TPSA) is 55.9 Å². The molecular weight excluding hydrogens is 419 g/mol. The Hall–Kier alpha value is -2.93. The fourth-order valence-corrected chi connectivity index (χ4v) is 4.47. The first-order chi connectivity index (χ1) is 15.9. The molecule has 1 saturated heterocycles. The second-order valence-corrected chi connectivity index (χ2v) is 9.11. The molecule has 0 aromatic heterocycles. The minimum absolute atomic E-state index is 0.0281. The van der Waals surface area contributed by atoms with Crippen LogP contribution in [-0.4, -0.2) is 66.9 Å². The maximum absolute atomic E-state index is 13.2. The van der Waals surface area contributed by atoms with Gasteiger partial charge >= 0.3 is 0 Å². The number of hydrogen-bond donors (Lipinski definition) is 1. The van der Waals surface area contributed by atoms with Gasteiger partial charge in [0.1, 0.15) is 5.82 Å². The maximum atomic E-state index is 13.2. The molecule has 6 nitrogen and oxygen atoms in total. The van der Waals surface area contributed by atoms with Crippen LogP contribution in [0.5, 0.6) is 0 Å². The molecule has 2 aromatic carbocycles. The molecule has 33 heavy (non-hydrogen) atoms. The van der Waals surface area contributed by atoms with Gasteiger partial charge in [0.25, 0.3) is 0 Å². The van der Waals surface area contributed by atoms with E-state index in [1.807, 2.05) is 36.9 Å². The number of anilines is 2. The summed E-state index contributed by atoms with van der Waals surface area (Å²) in [4.78, 5) is 31.8. The molecule has 2 fully saturated rings. The van der Waals surface area contributed by atoms with Crippen LogP contribution in [0.3, 0.4) is 0 Å². The predicted octanol–water partition coefficient (Wildman–Crippen LogP) is 3.58. The predicted molar refractivity (Wildman–Crippen MR) is 129 cm³/mol. The molecule has 1 N–H and O–H groups in total. The van der Waals surface area contributed by atoms with Gasteiger partial charge in [-0.15, -0.1) is 0 Å². The molecule has 2 aromatic rings. The number of aryl methyl sites for hydroxylation is 2. The number of nitrogens with one attached hydrogen (secondary N) is 1. The Morgan fingerprint density at radius 2 is 1.64 bits per heavy atom. The van der Waals surface area contributed by atoms with Crippen molar-refractivity contribution in [2.24, 2.45) is 0 Å². The molecule has 2 aliphatic rings. The summed E-state index contributed by atoms with van der Waals surface area (Å²) in [6, 6.07) is 12.9. The Morgan fingerprint density at radius 3 is 2.24 bits per heavy atom. The number of para-hydroxylation sites is 1. The highest BCUT2D eigenvalue weighted by Crippen LogP contribution is 2.27. The van der Waals surface area contributed by atoms with E-state index in [1.54, 1.807) is 12.1 Å². The van der Waals surface area contributed by atoms with Crippen molar-refractivity contribution in [3.63, 3.8) is 0 Å². The van der Waals surface area contributed by atoms with Crippen LogP contribution in [0.25, 0.3) is 0 Å². The monoisotopic (exact) mass is 452 g/mol. The Balaban J connectivity index is 1.25. The van der Waals surface area contributed by atoms with Crippen molar-refractivity contribution < 1.29 is 14.0 Å². The highest BCUT2D eigenvalue weighted by Gasteiger charge is 2.31. The fourth-order valence-electron chi connectivity index (χ4n) is 4.47. The van der Waals surface area contributed by atoms with Gasteiger partial charge in [-0.3, -0.25) is 14.5 Å². The Morgan fingerprint density at radius 1 is 1.00 bits per heavy atom. The molecule has 1 heterocycles. The van der Waals surface area contributed by atoms with Crippen LogP contribution in [-0.2, 0) is 9.59 Å². The number of nitrogens with zero attached hydrogens (tertiary/aromatic N) is 3. The normalized spacial score (nSPS) is 16.2. The third-order valence-electron chi connectivity index (χ3n) is 6.59. The second-order valence-electron chi connectivity index (χ2n) is 9.11. The van der Waals surface area contributed by atoms with Gasteiger partial charge in [0.05, 0.1) is 6.54 Å². The van der Waals surface area contributed by atoms with Crippen LogP contribution >= 0.6 is 0 Å². The molecule has 2 amide bonds. The molecule has 0 atom stereocenters. The van der Waals surface area contributed by atoms with Gasteiger partial charge in [-0.25, -0.2) is 4.39 Å². The number of carbonyl (C=O) groups excluding carboxylic acids is 2. The largest absolute Gasteiger partial charge is 0.368 e. The van der Waals surface area contributed by atoms with Crippen LogP contribution in [0.4, 0.5) is 15.8 Å². The molecule has 1 saturated carbocycles. The number of carbonyl (C=O) groups is 2. The average molecular weight is 453 g/mol. The number of halogens is 1. The molecule has 7 heteroatoms. The molecule has 1 aliphatic heterocycles. The zero-order chi connectivity index (χ0) is 23.4. The lowest BCUT2D eigenvalue weighted by atomic mass is 10.1. The zero-order valence-electron chi connectivity index (χ0n) is 19.5. The van der Waals surface area contributed by atoms with E-state index < -0.39 is 0 Å². The molecule has 176 valence electrons. The van der Waals surface area contributed by atoms with E-state index in [4.69, 9.17) is 0 Å². The van der Waals surface area contributed by atoms with Crippen LogP contribution in [0.1, 0.15) is 30.4 Å². The molecule has 1 aliphatic carbocycles. The van der Waals surface area contributed by atoms with E-state index in [2.05, 4.69) is 15.1 Å². The van der Waals surface area contributed by atoms with Crippen molar-refractivity contribution in [2.45, 2.75) is 39.2 Å². The second kappa shape index (κ2) is 10.3. The number of piperazine rings is 1. The van der Waals surface area contributed by atoms with Crippen molar-refractivity contribution in [1.82, 2.24) is 9.80 Å². The van der Waals surface area contributed by atoms with E-state index in [9.17, 15) is 14.0 Å². The molecular formula is C26H33FN4O2. The first-order valence-corrected chi connectivity index (χ1v) is 11.8. The van der Waals surface area contributed by atoms with Gasteiger partial charge in [-0.05, 0) is 62.1 Å². The molecule has 0 bridgehead atoms. The van der Waals surface area contributed by atoms with E-state index in [0.717, 1.165) is 48.4 Å². The summed E-state index contributed by atoms with van der Waals surface area (Å²) < 4.78 is 13.2. The molecule has 0 spiro atoms. The van der Waals surface area contributed by atoms with Crippen LogP contribution in [0.2, 0.25) is 0 Å². The minimum atomic E-state index is -0.240. The van der Waals surface area contributed by atoms with E-state index >= 15 is 0 Å². The standard InChI is InChI=1S/C26H33FN4O2/c1-19-4-3-5-20(2)26(19)28-24(32)18-31(23-10-11-23)13-12-25(33)30-16-14-29(15-17-30)22-8-6-21(27)7-9-22/h3-9,23H,10-18H2,1-2H3,(H,28,32). The van der Waals surface area contributed by atoms with Crippen molar-refractivity contribution in [3.8, 4) is 0 Å². The molecule has 4 rings (SSSR count). The number of hydrogen-bond acceptors (Lipinski definition) is 4. The average Bonchev–Trinajstić information content (AvgIpc) is 3.65. The fraction of sp³-hybridized carbons (Fsp3) is 0.462. The summed E-state index contributed by atoms with van der Waals surface area (Å²) >= 11 is 0. The lowest BCUT2D eigenvalue weighted by Crippen LogP contribution is -2.49. The summed E-state index contributed by atoms with van der Waals surface area (Å²) in [7, 11) is 0. The SMILES string of the molecule is Cc1cccc(C)c1NC(=O)CN(CCC(=O)N1CCN(c2ccc(F)cc2)CC1)C1CC1. The number of rotatable bonds is 8. The van der Waals surface area contributed by atoms with Gasteiger partial charge in [0.15, 0.2) is 0 Å². The summed E-state index contributed by atoms with van der Waals surface area (Å²) in [5, 5.41) is 3.06. The van der Waals surface area contributed by atoms with E-state index in [1.165, 1.54) is 12.1 Å². The van der Waals surface area contributed by atoms with Crippen molar-refractivity contribution in [3.05, 3.63) is 59.4 Å². The van der Waals surface area contributed by atoms with Gasteiger partial charge in [0, 0.05) is 56.6 Å². The quantitative estimate of drug-likeness (QED) is 0.665. The van der Waals surface area contributed by atoms with E-state index in [-0.39, 0.29) is 17.6 Å². The van der Waals surface area contributed by atoms with Gasteiger partial charge in [0.2, 0.25) is 11.8 Å². The van der Waals surface area contributed by atoms with Crippen LogP contribution < -0.4 is 10.2 Å². The van der Waals surface area contributed by atoms with Crippen LogP contribution in [0, 0.1) is 19.7 Å². The van der Waals surface area contributed by atoms with Gasteiger partial charge in [-0.2, -0.15) is 0 Å². The summed E-state index contributed by atoms with van der Waals surface area (Å²) in [5.74, 6) is -0.135. The Labute approximate surface area is 195 Å². The van der Waals surface area contributed by atoms with Gasteiger partial charge in [-0.1, -0.05) is 18.2 Å². The lowest BCUT2D eigenvalue weighted by Gasteiger charge is -2.36. The molecule has 0 radical (unpaired) electrons. The Bertz CT molecular complexity index is 962. The number of benzene rings is 2. The van der Waals surface area contributed by atoms with Crippen molar-refractivity contribution in [1.29, 1.82) is 0 Å². The minimum Gasteiger partial charge on any atom is -0.368 e. The summed E-state index contributed by atoms with van der Waals surface area (Å²) in [6.07, 6.45) is 2.59. The smallest absolute Gasteiger partial charge is 0.238 e. The number of amides is 2. The highest BCUT2D eigenvalue weighted by atomic mass is 19.1. The van der Waals surface area contributed by atoms with Gasteiger partial charge < -0.3 is 15.1 Å². The maximum Gasteiger partial charge on any atom is 0.238 e. The Kier molecular flexibility index (Phi) is 7.28. The van der Waals surface area contributed by atoms with E-state index in [0.29, 0.717) is 38.6 Å². The van der Waals surface area contributed by atoms with Crippen molar-refractivity contribution in [2.75, 3.05) is 49.5 Å². The van der Waals surface area contributed by atoms with Crippen LogP contribution in [0.15, 0.2) is 42.5 Å². The third-order valence-corrected chi connectivity index (χ3v) is 6.59. The zero-order valence-corrected chi connectivity index (χ0v) is 19.5.